The molecule has 2 aromatic carbocycles. The van der Waals surface area contributed by atoms with Gasteiger partial charge in [0.15, 0.2) is 0 Å². The molecule has 0 spiro atoms. The van der Waals surface area contributed by atoms with Crippen molar-refractivity contribution in [3.8, 4) is 11.1 Å². The summed E-state index contributed by atoms with van der Waals surface area (Å²) in [5.74, 6) is 0.512. The van der Waals surface area contributed by atoms with Crippen LogP contribution in [0.25, 0.3) is 16.7 Å². The van der Waals surface area contributed by atoms with E-state index in [2.05, 4.69) is 83.1 Å². The van der Waals surface area contributed by atoms with Gasteiger partial charge in [-0.2, -0.15) is 0 Å². The van der Waals surface area contributed by atoms with Crippen molar-refractivity contribution < 1.29 is 49.5 Å². The Morgan fingerprint density at radius 1 is 0.750 bits per heavy atom. The summed E-state index contributed by atoms with van der Waals surface area (Å²) in [6, 6.07) is 17.8. The minimum atomic E-state index is 0. The molecule has 0 radical (unpaired) electrons. The first-order valence-electron chi connectivity index (χ1n) is 9.43. The molecule has 2 aliphatic rings. The van der Waals surface area contributed by atoms with E-state index in [0.717, 1.165) is 0 Å². The standard InChI is InChI=1S/C25H25.2ClH.Zr/c1-15-14-21-12-9-13-22(20-10-7-6-8-11-20)25(21)23(15)24-18(4)16(2)17(3)19(24)5;;;/h6-14,18H,1-5H3;2*1H;/q;;;+2/p-2. The first-order valence-corrected chi connectivity index (χ1v) is 10.8. The summed E-state index contributed by atoms with van der Waals surface area (Å²) in [6.07, 6.45) is 0. The van der Waals surface area contributed by atoms with Crippen LogP contribution in [0.4, 0.5) is 0 Å². The molecule has 0 saturated heterocycles. The molecular formula is C25H25Cl2Zr. The van der Waals surface area contributed by atoms with Crippen LogP contribution in [0.2, 0.25) is 0 Å². The first kappa shape index (κ1) is 23.4. The summed E-state index contributed by atoms with van der Waals surface area (Å²) in [5, 5.41) is 0. The topological polar surface area (TPSA) is 0 Å². The first-order chi connectivity index (χ1) is 12.4. The average Bonchev–Trinajstić information content (AvgIpc) is 3.02. The number of benzene rings is 2. The Kier molecular flexibility index (Phi) is 7.41. The van der Waals surface area contributed by atoms with Gasteiger partial charge in [-0.3, -0.25) is 0 Å². The van der Waals surface area contributed by atoms with Crippen LogP contribution in [0.5, 0.6) is 0 Å². The maximum Gasteiger partial charge on any atom is -1.00 e. The van der Waals surface area contributed by atoms with Crippen molar-refractivity contribution in [3.63, 3.8) is 0 Å². The minimum Gasteiger partial charge on any atom is -1.00 e. The summed E-state index contributed by atoms with van der Waals surface area (Å²) >= 11 is 1.59. The molecule has 0 aliphatic heterocycles. The van der Waals surface area contributed by atoms with Gasteiger partial charge in [-0.25, -0.2) is 0 Å². The Balaban J connectivity index is 0.00000140. The van der Waals surface area contributed by atoms with Gasteiger partial charge in [-0.1, -0.05) is 0 Å². The van der Waals surface area contributed by atoms with Gasteiger partial charge in [-0.05, 0) is 0 Å². The van der Waals surface area contributed by atoms with Gasteiger partial charge >= 0.3 is 173 Å². The minimum absolute atomic E-state index is 0. The molecule has 0 nitrogen and oxygen atoms in total. The monoisotopic (exact) mass is 485 g/mol. The molecule has 0 saturated carbocycles. The van der Waals surface area contributed by atoms with Crippen molar-refractivity contribution in [2.24, 2.45) is 5.92 Å². The molecule has 4 rings (SSSR count). The average molecular weight is 488 g/mol. The van der Waals surface area contributed by atoms with Gasteiger partial charge in [-0.15, -0.1) is 0 Å². The quantitative estimate of drug-likeness (QED) is 0.594. The van der Waals surface area contributed by atoms with E-state index in [1.165, 1.54) is 44.5 Å². The molecule has 0 heterocycles. The number of halogens is 2. The Bertz CT molecular complexity index is 996. The van der Waals surface area contributed by atoms with E-state index >= 15 is 0 Å². The van der Waals surface area contributed by atoms with Crippen LogP contribution >= 0.6 is 0 Å². The Labute approximate surface area is 196 Å². The van der Waals surface area contributed by atoms with Crippen LogP contribution in [0, 0.1) is 5.92 Å². The van der Waals surface area contributed by atoms with E-state index in [0.29, 0.717) is 9.54 Å². The largest absolute Gasteiger partial charge is 1.00 e. The van der Waals surface area contributed by atoms with Crippen LogP contribution in [0.1, 0.15) is 49.4 Å². The van der Waals surface area contributed by atoms with Gasteiger partial charge in [0.05, 0.1) is 0 Å². The summed E-state index contributed by atoms with van der Waals surface area (Å²) in [4.78, 5) is 0. The number of fused-ring (bicyclic) bond motifs is 1. The van der Waals surface area contributed by atoms with Gasteiger partial charge in [0, 0.05) is 0 Å². The van der Waals surface area contributed by atoms with Crippen LogP contribution in [-0.4, -0.2) is 0 Å². The van der Waals surface area contributed by atoms with Gasteiger partial charge in [0.1, 0.15) is 0 Å². The van der Waals surface area contributed by atoms with E-state index in [4.69, 9.17) is 0 Å². The maximum atomic E-state index is 2.38. The number of rotatable bonds is 2. The second-order valence-corrected chi connectivity index (χ2v) is 9.11. The van der Waals surface area contributed by atoms with E-state index in [1.54, 1.807) is 35.9 Å². The zero-order chi connectivity index (χ0) is 18.6. The van der Waals surface area contributed by atoms with Gasteiger partial charge in [0.2, 0.25) is 0 Å². The van der Waals surface area contributed by atoms with Crippen molar-refractivity contribution in [1.29, 1.82) is 0 Å². The molecule has 0 amide bonds. The molecule has 0 N–H and O–H groups in total. The Morgan fingerprint density at radius 3 is 1.96 bits per heavy atom. The number of hydrogen-bond donors (Lipinski definition) is 0. The smallest absolute Gasteiger partial charge is 1.00 e. The molecule has 143 valence electrons. The zero-order valence-electron chi connectivity index (χ0n) is 17.0. The Hall–Kier alpha value is -0.877. The van der Waals surface area contributed by atoms with Crippen molar-refractivity contribution >= 4 is 5.57 Å². The van der Waals surface area contributed by atoms with Gasteiger partial charge < -0.3 is 24.8 Å². The molecular weight excluding hydrogens is 462 g/mol. The molecule has 0 bridgehead atoms. The molecule has 2 unspecified atom stereocenters. The van der Waals surface area contributed by atoms with Crippen molar-refractivity contribution in [2.75, 3.05) is 0 Å². The fourth-order valence-corrected chi connectivity index (χ4v) is 5.58. The van der Waals surface area contributed by atoms with E-state index in [9.17, 15) is 0 Å². The van der Waals surface area contributed by atoms with Crippen LogP contribution in [-0.2, 0) is 24.7 Å². The molecule has 2 aromatic rings. The van der Waals surface area contributed by atoms with Gasteiger partial charge in [0.25, 0.3) is 0 Å². The molecule has 2 aliphatic carbocycles. The number of hydrogen-bond acceptors (Lipinski definition) is 0. The van der Waals surface area contributed by atoms with E-state index < -0.39 is 0 Å². The molecule has 2 atom stereocenters. The van der Waals surface area contributed by atoms with E-state index in [-0.39, 0.29) is 24.8 Å². The SMILES string of the molecule is CC1=C(C)C(C)C(C2=C(C)[CH]([Zr+2])c3cccc(-c4ccccc4)c32)=C1C.[Cl-].[Cl-]. The van der Waals surface area contributed by atoms with Crippen LogP contribution in [0.3, 0.4) is 0 Å². The number of allylic oxidation sites excluding steroid dienone is 6. The second kappa shape index (κ2) is 8.87. The van der Waals surface area contributed by atoms with Crippen molar-refractivity contribution in [3.05, 3.63) is 87.5 Å². The van der Waals surface area contributed by atoms with Crippen molar-refractivity contribution in [2.45, 2.75) is 38.2 Å². The second-order valence-electron chi connectivity index (χ2n) is 7.70. The predicted molar refractivity (Wildman–Crippen MR) is 107 cm³/mol. The Morgan fingerprint density at radius 2 is 1.39 bits per heavy atom. The third-order valence-electron chi connectivity index (χ3n) is 6.48. The molecule has 3 heteroatoms. The summed E-state index contributed by atoms with van der Waals surface area (Å²) in [5.41, 5.74) is 14.9. The maximum absolute atomic E-state index is 2.38. The normalized spacial score (nSPS) is 21.0. The summed E-state index contributed by atoms with van der Waals surface area (Å²) in [6.45, 7) is 11.7. The summed E-state index contributed by atoms with van der Waals surface area (Å²) < 4.78 is 0.574. The van der Waals surface area contributed by atoms with Crippen LogP contribution in [0.15, 0.2) is 76.4 Å². The van der Waals surface area contributed by atoms with E-state index in [1.807, 2.05) is 0 Å². The summed E-state index contributed by atoms with van der Waals surface area (Å²) in [7, 11) is 0. The van der Waals surface area contributed by atoms with Crippen molar-refractivity contribution in [1.82, 2.24) is 0 Å². The molecule has 0 fully saturated rings. The van der Waals surface area contributed by atoms with Crippen LogP contribution < -0.4 is 24.8 Å². The third-order valence-corrected chi connectivity index (χ3v) is 8.31. The third kappa shape index (κ3) is 3.45. The fourth-order valence-electron chi connectivity index (χ4n) is 4.64. The zero-order valence-corrected chi connectivity index (χ0v) is 21.0. The fraction of sp³-hybridized carbons (Fsp3) is 0.280. The molecule has 0 aromatic heterocycles. The molecule has 28 heavy (non-hydrogen) atoms. The predicted octanol–water partition coefficient (Wildman–Crippen LogP) is 1.04.